The van der Waals surface area contributed by atoms with E-state index in [-0.39, 0.29) is 16.8 Å². The van der Waals surface area contributed by atoms with Crippen LogP contribution in [0.5, 0.6) is 0 Å². The summed E-state index contributed by atoms with van der Waals surface area (Å²) in [6.07, 6.45) is 9.21. The number of amides is 1. The summed E-state index contributed by atoms with van der Waals surface area (Å²) in [5, 5.41) is 9.26. The lowest BCUT2D eigenvalue weighted by Gasteiger charge is -2.40. The Hall–Kier alpha value is -2.30. The van der Waals surface area contributed by atoms with Crippen molar-refractivity contribution in [1.82, 2.24) is 30.1 Å². The van der Waals surface area contributed by atoms with Gasteiger partial charge in [-0.2, -0.15) is 5.10 Å². The van der Waals surface area contributed by atoms with Gasteiger partial charge < -0.3 is 5.32 Å². The van der Waals surface area contributed by atoms with Crippen molar-refractivity contribution in [2.75, 3.05) is 13.1 Å². The maximum absolute atomic E-state index is 13.1. The molecule has 0 radical (unpaired) electrons. The van der Waals surface area contributed by atoms with Gasteiger partial charge in [-0.05, 0) is 43.9 Å². The fourth-order valence-electron chi connectivity index (χ4n) is 4.28. The van der Waals surface area contributed by atoms with Gasteiger partial charge in [0.15, 0.2) is 0 Å². The number of sulfonamides is 1. The first-order valence-corrected chi connectivity index (χ1v) is 10.9. The van der Waals surface area contributed by atoms with E-state index < -0.39 is 15.6 Å². The number of nitrogens with one attached hydrogen (secondary N) is 3. The van der Waals surface area contributed by atoms with E-state index in [4.69, 9.17) is 0 Å². The van der Waals surface area contributed by atoms with Gasteiger partial charge in [0.1, 0.15) is 10.4 Å². The number of nitrogens with zero attached hydrogens (tertiary/aromatic N) is 3. The van der Waals surface area contributed by atoms with Gasteiger partial charge >= 0.3 is 0 Å². The van der Waals surface area contributed by atoms with E-state index in [0.717, 1.165) is 31.4 Å². The number of aromatic amines is 1. The molecule has 28 heavy (non-hydrogen) atoms. The predicted octanol–water partition coefficient (Wildman–Crippen LogP) is 0.396. The molecule has 2 aliphatic rings. The number of hydrogen-bond acceptors (Lipinski definition) is 6. The third-order valence-electron chi connectivity index (χ3n) is 5.60. The van der Waals surface area contributed by atoms with Crippen LogP contribution in [-0.4, -0.2) is 59.1 Å². The van der Waals surface area contributed by atoms with Crippen LogP contribution < -0.4 is 10.0 Å². The van der Waals surface area contributed by atoms with Crippen LogP contribution in [0.4, 0.5) is 0 Å². The van der Waals surface area contributed by atoms with E-state index in [2.05, 4.69) is 30.1 Å². The molecule has 0 aromatic carbocycles. The third-order valence-corrected chi connectivity index (χ3v) is 7.09. The van der Waals surface area contributed by atoms with E-state index in [1.807, 2.05) is 12.1 Å². The highest BCUT2D eigenvalue weighted by molar-refractivity contribution is 7.89. The molecule has 2 aromatic heterocycles. The minimum absolute atomic E-state index is 0.0407. The van der Waals surface area contributed by atoms with Crippen molar-refractivity contribution in [2.45, 2.75) is 48.7 Å². The first-order chi connectivity index (χ1) is 13.5. The number of carbonyl (C=O) groups excluding carboxylic acids is 1. The zero-order valence-electron chi connectivity index (χ0n) is 15.5. The molecule has 4 heterocycles. The number of rotatable bonds is 6. The Bertz CT molecular complexity index is 918. The van der Waals surface area contributed by atoms with Crippen LogP contribution >= 0.6 is 0 Å². The van der Waals surface area contributed by atoms with Gasteiger partial charge in [0.05, 0.1) is 6.20 Å². The number of aromatic nitrogens is 3. The Morgan fingerprint density at radius 2 is 2.25 bits per heavy atom. The van der Waals surface area contributed by atoms with E-state index in [1.54, 1.807) is 12.4 Å². The summed E-state index contributed by atoms with van der Waals surface area (Å²) in [6.45, 7) is 1.73. The Morgan fingerprint density at radius 3 is 3.00 bits per heavy atom. The smallest absolute Gasteiger partial charge is 0.243 e. The van der Waals surface area contributed by atoms with Crippen LogP contribution in [0.2, 0.25) is 0 Å². The third kappa shape index (κ3) is 3.67. The number of pyridine rings is 1. The molecule has 1 amide bonds. The van der Waals surface area contributed by atoms with Gasteiger partial charge in [-0.25, -0.2) is 13.1 Å². The maximum atomic E-state index is 13.1. The van der Waals surface area contributed by atoms with Crippen molar-refractivity contribution in [1.29, 1.82) is 0 Å². The number of H-pyrrole nitrogens is 1. The van der Waals surface area contributed by atoms with Crippen LogP contribution in [0.15, 0.2) is 41.8 Å². The zero-order valence-corrected chi connectivity index (χ0v) is 16.3. The van der Waals surface area contributed by atoms with Gasteiger partial charge in [0, 0.05) is 37.7 Å². The van der Waals surface area contributed by atoms with Crippen molar-refractivity contribution >= 4 is 15.9 Å². The fourth-order valence-corrected chi connectivity index (χ4v) is 5.41. The highest BCUT2D eigenvalue weighted by Crippen LogP contribution is 2.38. The van der Waals surface area contributed by atoms with Crippen LogP contribution in [-0.2, 0) is 21.4 Å². The summed E-state index contributed by atoms with van der Waals surface area (Å²) in [7, 11) is -3.66. The molecule has 0 spiro atoms. The standard InChI is InChI=1S/C18H24N6O3S/c25-17(20-10-14-4-3-6-19-9-14)18-5-1-2-7-24(18)13-15(8-18)23-28(26,27)16-11-21-22-12-16/h3-4,6,9,11-12,15,23H,1-2,5,7-8,10,13H2,(H,20,25)(H,21,22)/t15-,18+/m0/s1. The van der Waals surface area contributed by atoms with E-state index in [0.29, 0.717) is 19.5 Å². The lowest BCUT2D eigenvalue weighted by Crippen LogP contribution is -2.57. The average molecular weight is 404 g/mol. The fraction of sp³-hybridized carbons (Fsp3) is 0.500. The van der Waals surface area contributed by atoms with Crippen LogP contribution in [0, 0.1) is 0 Å². The molecule has 0 unspecified atom stereocenters. The van der Waals surface area contributed by atoms with Crippen molar-refractivity contribution in [3.63, 3.8) is 0 Å². The number of piperidine rings is 1. The van der Waals surface area contributed by atoms with E-state index in [1.165, 1.54) is 12.4 Å². The molecule has 150 valence electrons. The lowest BCUT2D eigenvalue weighted by atomic mass is 9.85. The zero-order chi connectivity index (χ0) is 19.6. The summed E-state index contributed by atoms with van der Waals surface area (Å²) in [4.78, 5) is 19.5. The molecule has 4 rings (SSSR count). The Kier molecular flexibility index (Phi) is 5.17. The molecule has 10 heteroatoms. The highest BCUT2D eigenvalue weighted by Gasteiger charge is 2.52. The maximum Gasteiger partial charge on any atom is 0.243 e. The molecule has 2 aliphatic heterocycles. The summed E-state index contributed by atoms with van der Waals surface area (Å²) in [6, 6.07) is 3.44. The van der Waals surface area contributed by atoms with Gasteiger partial charge in [-0.15, -0.1) is 0 Å². The Balaban J connectivity index is 1.47. The van der Waals surface area contributed by atoms with Crippen molar-refractivity contribution < 1.29 is 13.2 Å². The Morgan fingerprint density at radius 1 is 1.36 bits per heavy atom. The summed E-state index contributed by atoms with van der Waals surface area (Å²) >= 11 is 0. The van der Waals surface area contributed by atoms with Gasteiger partial charge in [0.25, 0.3) is 0 Å². The minimum Gasteiger partial charge on any atom is -0.350 e. The average Bonchev–Trinajstić information content (AvgIpc) is 3.35. The number of hydrogen-bond donors (Lipinski definition) is 3. The van der Waals surface area contributed by atoms with E-state index >= 15 is 0 Å². The van der Waals surface area contributed by atoms with Gasteiger partial charge in [-0.1, -0.05) is 6.07 Å². The van der Waals surface area contributed by atoms with Crippen LogP contribution in [0.1, 0.15) is 31.2 Å². The summed E-state index contributed by atoms with van der Waals surface area (Å²) in [5.41, 5.74) is 0.272. The minimum atomic E-state index is -3.66. The first kappa shape index (κ1) is 19.0. The molecule has 2 saturated heterocycles. The van der Waals surface area contributed by atoms with Gasteiger partial charge in [0.2, 0.25) is 15.9 Å². The molecular weight excluding hydrogens is 380 g/mol. The molecule has 0 saturated carbocycles. The number of carbonyl (C=O) groups is 1. The largest absolute Gasteiger partial charge is 0.350 e. The molecule has 2 fully saturated rings. The second-order valence-corrected chi connectivity index (χ2v) is 9.15. The molecule has 9 nitrogen and oxygen atoms in total. The topological polar surface area (TPSA) is 120 Å². The second-order valence-electron chi connectivity index (χ2n) is 7.43. The van der Waals surface area contributed by atoms with Crippen LogP contribution in [0.25, 0.3) is 0 Å². The van der Waals surface area contributed by atoms with Crippen molar-refractivity contribution in [3.05, 3.63) is 42.5 Å². The quantitative estimate of drug-likeness (QED) is 0.641. The van der Waals surface area contributed by atoms with Gasteiger partial charge in [-0.3, -0.25) is 19.8 Å². The molecule has 0 aliphatic carbocycles. The highest BCUT2D eigenvalue weighted by atomic mass is 32.2. The van der Waals surface area contributed by atoms with E-state index in [9.17, 15) is 13.2 Å². The second kappa shape index (κ2) is 7.61. The molecule has 2 atom stereocenters. The Labute approximate surface area is 164 Å². The predicted molar refractivity (Wildman–Crippen MR) is 102 cm³/mol. The summed E-state index contributed by atoms with van der Waals surface area (Å²) < 4.78 is 27.8. The molecular formula is C18H24N6O3S. The molecule has 3 N–H and O–H groups in total. The normalized spacial score (nSPS) is 25.4. The lowest BCUT2D eigenvalue weighted by molar-refractivity contribution is -0.134. The monoisotopic (exact) mass is 404 g/mol. The molecule has 2 aromatic rings. The summed E-state index contributed by atoms with van der Waals surface area (Å²) in [5.74, 6) is -0.0407. The SMILES string of the molecule is O=C(NCc1cccnc1)[C@]12CCCCN1C[C@@H](NS(=O)(=O)c1cn[nH]c1)C2. The number of fused-ring (bicyclic) bond motifs is 1. The van der Waals surface area contributed by atoms with Crippen LogP contribution in [0.3, 0.4) is 0 Å². The van der Waals surface area contributed by atoms with Crippen molar-refractivity contribution in [3.8, 4) is 0 Å². The first-order valence-electron chi connectivity index (χ1n) is 9.43. The molecule has 0 bridgehead atoms. The van der Waals surface area contributed by atoms with Crippen molar-refractivity contribution in [2.24, 2.45) is 0 Å².